The molecule has 6 nitrogen and oxygen atoms in total. The summed E-state index contributed by atoms with van der Waals surface area (Å²) in [5.74, 6) is 0.362. The second-order valence-electron chi connectivity index (χ2n) is 7.47. The van der Waals surface area contributed by atoms with Gasteiger partial charge in [-0.25, -0.2) is 13.9 Å². The first-order valence-electron chi connectivity index (χ1n) is 10.3. The number of fused-ring (bicyclic) bond motifs is 1. The SMILES string of the molecule is CCCCCN(Cc1ccc(F)cc1)C(=O)Cn1nc2n(c1=O)CCCCC2. The summed E-state index contributed by atoms with van der Waals surface area (Å²) < 4.78 is 16.2. The molecular formula is C21H29FN4O2. The highest BCUT2D eigenvalue weighted by molar-refractivity contribution is 5.75. The normalized spacial score (nSPS) is 13.8. The smallest absolute Gasteiger partial charge is 0.337 e. The molecule has 0 saturated heterocycles. The Labute approximate surface area is 165 Å². The third-order valence-electron chi connectivity index (χ3n) is 5.24. The highest BCUT2D eigenvalue weighted by atomic mass is 19.1. The van der Waals surface area contributed by atoms with Crippen LogP contribution in [0, 0.1) is 5.82 Å². The molecule has 2 heterocycles. The molecule has 2 aromatic rings. The Hall–Kier alpha value is -2.44. The molecule has 1 aromatic carbocycles. The number of rotatable bonds is 8. The molecule has 7 heteroatoms. The van der Waals surface area contributed by atoms with Gasteiger partial charge in [0.05, 0.1) is 0 Å². The number of benzene rings is 1. The van der Waals surface area contributed by atoms with Crippen molar-refractivity contribution < 1.29 is 9.18 Å². The van der Waals surface area contributed by atoms with Crippen LogP contribution in [0.2, 0.25) is 0 Å². The van der Waals surface area contributed by atoms with E-state index in [2.05, 4.69) is 12.0 Å². The van der Waals surface area contributed by atoms with Crippen molar-refractivity contribution in [3.05, 3.63) is 52.0 Å². The molecule has 1 aliphatic heterocycles. The number of nitrogens with zero attached hydrogens (tertiary/aromatic N) is 4. The molecule has 1 amide bonds. The maximum Gasteiger partial charge on any atom is 0.346 e. The zero-order valence-corrected chi connectivity index (χ0v) is 16.6. The third-order valence-corrected chi connectivity index (χ3v) is 5.24. The van der Waals surface area contributed by atoms with Gasteiger partial charge in [0, 0.05) is 26.1 Å². The molecule has 1 aliphatic rings. The van der Waals surface area contributed by atoms with Gasteiger partial charge in [-0.3, -0.25) is 9.36 Å². The molecule has 0 saturated carbocycles. The number of carbonyl (C=O) groups is 1. The van der Waals surface area contributed by atoms with Gasteiger partial charge in [-0.1, -0.05) is 38.3 Å². The minimum atomic E-state index is -0.293. The van der Waals surface area contributed by atoms with Crippen LogP contribution in [0.3, 0.4) is 0 Å². The van der Waals surface area contributed by atoms with Crippen molar-refractivity contribution in [2.24, 2.45) is 0 Å². The summed E-state index contributed by atoms with van der Waals surface area (Å²) in [5, 5.41) is 4.42. The Morgan fingerprint density at radius 2 is 1.96 bits per heavy atom. The van der Waals surface area contributed by atoms with E-state index in [-0.39, 0.29) is 24.0 Å². The average Bonchev–Trinajstić information content (AvgIpc) is 2.85. The second kappa shape index (κ2) is 9.66. The lowest BCUT2D eigenvalue weighted by atomic mass is 10.2. The van der Waals surface area contributed by atoms with Crippen LogP contribution in [0.4, 0.5) is 4.39 Å². The van der Waals surface area contributed by atoms with Crippen LogP contribution in [0.5, 0.6) is 0 Å². The fourth-order valence-electron chi connectivity index (χ4n) is 3.61. The Morgan fingerprint density at radius 3 is 2.71 bits per heavy atom. The van der Waals surface area contributed by atoms with Crippen molar-refractivity contribution in [1.29, 1.82) is 0 Å². The molecule has 0 bridgehead atoms. The maximum atomic E-state index is 13.2. The summed E-state index contributed by atoms with van der Waals surface area (Å²) in [6, 6.07) is 6.20. The molecule has 0 aliphatic carbocycles. The molecular weight excluding hydrogens is 359 g/mol. The zero-order valence-electron chi connectivity index (χ0n) is 16.6. The summed E-state index contributed by atoms with van der Waals surface area (Å²) in [4.78, 5) is 27.3. The summed E-state index contributed by atoms with van der Waals surface area (Å²) in [7, 11) is 0. The summed E-state index contributed by atoms with van der Waals surface area (Å²) in [6.45, 7) is 3.77. The van der Waals surface area contributed by atoms with Gasteiger partial charge in [-0.15, -0.1) is 0 Å². The van der Waals surface area contributed by atoms with Gasteiger partial charge >= 0.3 is 5.69 Å². The van der Waals surface area contributed by atoms with Crippen LogP contribution in [0.25, 0.3) is 0 Å². The lowest BCUT2D eigenvalue weighted by Crippen LogP contribution is -2.37. The van der Waals surface area contributed by atoms with Gasteiger partial charge < -0.3 is 4.90 Å². The predicted octanol–water partition coefficient (Wildman–Crippen LogP) is 3.13. The molecule has 3 rings (SSSR count). The number of unbranched alkanes of at least 4 members (excludes halogenated alkanes) is 2. The number of aromatic nitrogens is 3. The third kappa shape index (κ3) is 5.09. The first kappa shape index (κ1) is 20.3. The highest BCUT2D eigenvalue weighted by Crippen LogP contribution is 2.12. The molecule has 0 atom stereocenters. The molecule has 0 fully saturated rings. The van der Waals surface area contributed by atoms with Crippen molar-refractivity contribution in [2.75, 3.05) is 6.54 Å². The van der Waals surface area contributed by atoms with Crippen molar-refractivity contribution in [2.45, 2.75) is 71.5 Å². The van der Waals surface area contributed by atoms with Gasteiger partial charge in [-0.05, 0) is 37.0 Å². The minimum Gasteiger partial charge on any atom is -0.337 e. The molecule has 0 radical (unpaired) electrons. The Bertz CT molecular complexity index is 841. The van der Waals surface area contributed by atoms with Gasteiger partial charge in [0.15, 0.2) is 0 Å². The Kier molecular flexibility index (Phi) is 7.01. The molecule has 0 spiro atoms. The fraction of sp³-hybridized carbons (Fsp3) is 0.571. The molecule has 28 heavy (non-hydrogen) atoms. The second-order valence-corrected chi connectivity index (χ2v) is 7.47. The van der Waals surface area contributed by atoms with E-state index < -0.39 is 0 Å². The van der Waals surface area contributed by atoms with Gasteiger partial charge in [0.25, 0.3) is 0 Å². The molecule has 0 unspecified atom stereocenters. The van der Waals surface area contributed by atoms with E-state index in [4.69, 9.17) is 0 Å². The topological polar surface area (TPSA) is 60.1 Å². The van der Waals surface area contributed by atoms with E-state index in [1.165, 1.54) is 16.8 Å². The van der Waals surface area contributed by atoms with Crippen molar-refractivity contribution >= 4 is 5.91 Å². The van der Waals surface area contributed by atoms with E-state index >= 15 is 0 Å². The zero-order chi connectivity index (χ0) is 19.9. The maximum absolute atomic E-state index is 13.2. The van der Waals surface area contributed by atoms with Gasteiger partial charge in [0.2, 0.25) is 5.91 Å². The fourth-order valence-corrected chi connectivity index (χ4v) is 3.61. The first-order valence-corrected chi connectivity index (χ1v) is 10.3. The number of hydrogen-bond acceptors (Lipinski definition) is 3. The molecule has 152 valence electrons. The number of halogens is 1. The highest BCUT2D eigenvalue weighted by Gasteiger charge is 2.20. The molecule has 0 N–H and O–H groups in total. The Morgan fingerprint density at radius 1 is 1.18 bits per heavy atom. The van der Waals surface area contributed by atoms with Crippen LogP contribution in [-0.2, 0) is 30.8 Å². The lowest BCUT2D eigenvalue weighted by molar-refractivity contribution is -0.132. The van der Waals surface area contributed by atoms with Crippen LogP contribution >= 0.6 is 0 Å². The minimum absolute atomic E-state index is 0.0495. The standard InChI is InChI=1S/C21H29FN4O2/c1-2-3-6-13-24(15-17-9-11-18(22)12-10-17)20(27)16-26-21(28)25-14-7-4-5-8-19(25)23-26/h9-12H,2-8,13-16H2,1H3. The summed E-state index contributed by atoms with van der Waals surface area (Å²) in [5.41, 5.74) is 0.680. The quantitative estimate of drug-likeness (QED) is 0.653. The first-order chi connectivity index (χ1) is 13.6. The van der Waals surface area contributed by atoms with E-state index in [9.17, 15) is 14.0 Å². The van der Waals surface area contributed by atoms with Crippen molar-refractivity contribution in [3.63, 3.8) is 0 Å². The van der Waals surface area contributed by atoms with Crippen molar-refractivity contribution in [1.82, 2.24) is 19.2 Å². The van der Waals surface area contributed by atoms with E-state index in [0.717, 1.165) is 56.3 Å². The van der Waals surface area contributed by atoms with Crippen LogP contribution in [0.1, 0.15) is 56.8 Å². The Balaban J connectivity index is 1.73. The largest absolute Gasteiger partial charge is 0.346 e. The van der Waals surface area contributed by atoms with E-state index in [1.807, 2.05) is 0 Å². The van der Waals surface area contributed by atoms with Gasteiger partial charge in [-0.2, -0.15) is 5.10 Å². The monoisotopic (exact) mass is 388 g/mol. The summed E-state index contributed by atoms with van der Waals surface area (Å²) in [6.07, 6.45) is 6.88. The lowest BCUT2D eigenvalue weighted by Gasteiger charge is -2.23. The number of aryl methyl sites for hydroxylation is 1. The van der Waals surface area contributed by atoms with Crippen LogP contribution < -0.4 is 5.69 Å². The number of hydrogen-bond donors (Lipinski definition) is 0. The summed E-state index contributed by atoms with van der Waals surface area (Å²) >= 11 is 0. The van der Waals surface area contributed by atoms with Gasteiger partial charge in [0.1, 0.15) is 18.2 Å². The predicted molar refractivity (Wildman–Crippen MR) is 105 cm³/mol. The van der Waals surface area contributed by atoms with Crippen LogP contribution in [0.15, 0.2) is 29.1 Å². The number of amides is 1. The van der Waals surface area contributed by atoms with Crippen molar-refractivity contribution in [3.8, 4) is 0 Å². The van der Waals surface area contributed by atoms with E-state index in [1.54, 1.807) is 21.6 Å². The molecule has 1 aromatic heterocycles. The number of carbonyl (C=O) groups excluding carboxylic acids is 1. The average molecular weight is 388 g/mol. The van der Waals surface area contributed by atoms with Crippen LogP contribution in [-0.4, -0.2) is 31.7 Å². The van der Waals surface area contributed by atoms with E-state index in [0.29, 0.717) is 19.6 Å².